The summed E-state index contributed by atoms with van der Waals surface area (Å²) in [6.45, 7) is 2.11. The lowest BCUT2D eigenvalue weighted by Gasteiger charge is -2.22. The Morgan fingerprint density at radius 3 is 2.43 bits per heavy atom. The van der Waals surface area contributed by atoms with Gasteiger partial charge in [0.2, 0.25) is 0 Å². The smallest absolute Gasteiger partial charge is 0.270 e. The van der Waals surface area contributed by atoms with Gasteiger partial charge in [0, 0.05) is 28.9 Å². The highest BCUT2D eigenvalue weighted by Crippen LogP contribution is 2.59. The Hall–Kier alpha value is -2.40. The quantitative estimate of drug-likeness (QED) is 0.780. The SMILES string of the molecule is CCC(NC(=O)c1ccc(Cl)cc1)[C@H]1[C@@H]2C[C@@H](NC(=O)c3ccccn3)C[C@@H]21. The first kappa shape index (κ1) is 18.9. The van der Waals surface area contributed by atoms with Gasteiger partial charge < -0.3 is 10.6 Å². The van der Waals surface area contributed by atoms with E-state index in [9.17, 15) is 9.59 Å². The number of benzene rings is 1. The van der Waals surface area contributed by atoms with Crippen LogP contribution in [-0.2, 0) is 0 Å². The molecule has 0 spiro atoms. The summed E-state index contributed by atoms with van der Waals surface area (Å²) in [5.74, 6) is 1.50. The Bertz CT molecular complexity index is 844. The maximum atomic E-state index is 12.5. The van der Waals surface area contributed by atoms with E-state index in [1.54, 1.807) is 42.6 Å². The zero-order chi connectivity index (χ0) is 19.7. The minimum Gasteiger partial charge on any atom is -0.349 e. The molecule has 146 valence electrons. The van der Waals surface area contributed by atoms with Gasteiger partial charge in [-0.15, -0.1) is 0 Å². The number of nitrogens with one attached hydrogen (secondary N) is 2. The summed E-state index contributed by atoms with van der Waals surface area (Å²) in [4.78, 5) is 28.9. The van der Waals surface area contributed by atoms with E-state index in [0.717, 1.165) is 19.3 Å². The summed E-state index contributed by atoms with van der Waals surface area (Å²) >= 11 is 5.90. The molecule has 6 heteroatoms. The van der Waals surface area contributed by atoms with Crippen molar-refractivity contribution in [1.29, 1.82) is 0 Å². The third-order valence-corrected chi connectivity index (χ3v) is 6.32. The largest absolute Gasteiger partial charge is 0.349 e. The molecule has 1 aromatic carbocycles. The van der Waals surface area contributed by atoms with E-state index in [1.807, 2.05) is 6.07 Å². The molecule has 2 amide bonds. The van der Waals surface area contributed by atoms with Crippen LogP contribution in [0, 0.1) is 17.8 Å². The third-order valence-electron chi connectivity index (χ3n) is 6.07. The molecule has 2 N–H and O–H groups in total. The summed E-state index contributed by atoms with van der Waals surface area (Å²) in [5.41, 5.74) is 1.09. The van der Waals surface area contributed by atoms with Crippen LogP contribution in [0.2, 0.25) is 5.02 Å². The number of amides is 2. The summed E-state index contributed by atoms with van der Waals surface area (Å²) in [6.07, 6.45) is 4.48. The van der Waals surface area contributed by atoms with Gasteiger partial charge >= 0.3 is 0 Å². The van der Waals surface area contributed by atoms with Crippen molar-refractivity contribution in [3.05, 3.63) is 64.9 Å². The lowest BCUT2D eigenvalue weighted by Crippen LogP contribution is -2.39. The van der Waals surface area contributed by atoms with Crippen molar-refractivity contribution in [3.63, 3.8) is 0 Å². The van der Waals surface area contributed by atoms with Crippen molar-refractivity contribution in [3.8, 4) is 0 Å². The molecule has 1 aromatic heterocycles. The first-order chi connectivity index (χ1) is 13.6. The number of nitrogens with zero attached hydrogens (tertiary/aromatic N) is 1. The van der Waals surface area contributed by atoms with Crippen molar-refractivity contribution >= 4 is 23.4 Å². The molecule has 5 nitrogen and oxygen atoms in total. The van der Waals surface area contributed by atoms with Gasteiger partial charge in [-0.3, -0.25) is 14.6 Å². The number of carbonyl (C=O) groups is 2. The van der Waals surface area contributed by atoms with Gasteiger partial charge in [-0.05, 0) is 73.4 Å². The van der Waals surface area contributed by atoms with Gasteiger partial charge in [-0.25, -0.2) is 0 Å². The fourth-order valence-electron chi connectivity index (χ4n) is 4.69. The molecule has 0 saturated heterocycles. The molecule has 2 aromatic rings. The standard InChI is InChI=1S/C22H24ClN3O2/c1-2-18(26-21(27)13-6-8-14(23)9-7-13)20-16-11-15(12-17(16)20)25-22(28)19-5-3-4-10-24-19/h3-10,15-18,20H,2,11-12H2,1H3,(H,25,28)(H,26,27)/t15-,16-,17+,18?,20+. The minimum absolute atomic E-state index is 0.0477. The van der Waals surface area contributed by atoms with Gasteiger partial charge in [0.1, 0.15) is 5.69 Å². The fraction of sp³-hybridized carbons (Fsp3) is 0.409. The molecule has 4 rings (SSSR count). The second kappa shape index (κ2) is 7.92. The van der Waals surface area contributed by atoms with Gasteiger partial charge in [0.25, 0.3) is 11.8 Å². The van der Waals surface area contributed by atoms with E-state index in [-0.39, 0.29) is 23.9 Å². The number of hydrogen-bond donors (Lipinski definition) is 2. The molecule has 1 unspecified atom stereocenters. The van der Waals surface area contributed by atoms with E-state index in [1.165, 1.54) is 0 Å². The molecule has 0 radical (unpaired) electrons. The molecule has 0 bridgehead atoms. The number of fused-ring (bicyclic) bond motifs is 1. The molecule has 2 saturated carbocycles. The van der Waals surface area contributed by atoms with Crippen molar-refractivity contribution in [2.45, 2.75) is 38.3 Å². The summed E-state index contributed by atoms with van der Waals surface area (Å²) in [5, 5.41) is 6.92. The maximum Gasteiger partial charge on any atom is 0.270 e. The van der Waals surface area contributed by atoms with Gasteiger partial charge in [0.05, 0.1) is 0 Å². The van der Waals surface area contributed by atoms with E-state index >= 15 is 0 Å². The zero-order valence-electron chi connectivity index (χ0n) is 15.8. The number of halogens is 1. The number of carbonyl (C=O) groups excluding carboxylic acids is 2. The van der Waals surface area contributed by atoms with Gasteiger partial charge in [-0.1, -0.05) is 24.6 Å². The average Bonchev–Trinajstić information content (AvgIpc) is 3.20. The molecule has 2 aliphatic rings. The second-order valence-electron chi connectivity index (χ2n) is 7.76. The normalized spacial score (nSPS) is 26.2. The zero-order valence-corrected chi connectivity index (χ0v) is 16.5. The number of rotatable bonds is 6. The van der Waals surface area contributed by atoms with Crippen LogP contribution in [-0.4, -0.2) is 28.9 Å². The van der Waals surface area contributed by atoms with Crippen molar-refractivity contribution in [1.82, 2.24) is 15.6 Å². The molecular formula is C22H24ClN3O2. The molecule has 0 aliphatic heterocycles. The van der Waals surface area contributed by atoms with Crippen LogP contribution in [0.25, 0.3) is 0 Å². The predicted octanol–water partition coefficient (Wildman–Crippen LogP) is 3.70. The van der Waals surface area contributed by atoms with E-state index in [2.05, 4.69) is 22.5 Å². The van der Waals surface area contributed by atoms with E-state index in [0.29, 0.717) is 34.0 Å². The van der Waals surface area contributed by atoms with Crippen LogP contribution in [0.15, 0.2) is 48.7 Å². The second-order valence-corrected chi connectivity index (χ2v) is 8.19. The highest BCUT2D eigenvalue weighted by Gasteiger charge is 2.58. The molecule has 1 heterocycles. The van der Waals surface area contributed by atoms with E-state index in [4.69, 9.17) is 11.6 Å². The van der Waals surface area contributed by atoms with Crippen LogP contribution >= 0.6 is 11.6 Å². The first-order valence-corrected chi connectivity index (χ1v) is 10.2. The highest BCUT2D eigenvalue weighted by atomic mass is 35.5. The van der Waals surface area contributed by atoms with Crippen LogP contribution in [0.1, 0.15) is 47.0 Å². The molecule has 2 aliphatic carbocycles. The predicted molar refractivity (Wildman–Crippen MR) is 108 cm³/mol. The van der Waals surface area contributed by atoms with Crippen LogP contribution in [0.5, 0.6) is 0 Å². The Kier molecular flexibility index (Phi) is 5.36. The Morgan fingerprint density at radius 1 is 1.11 bits per heavy atom. The Morgan fingerprint density at radius 2 is 1.82 bits per heavy atom. The molecule has 28 heavy (non-hydrogen) atoms. The van der Waals surface area contributed by atoms with Gasteiger partial charge in [-0.2, -0.15) is 0 Å². The number of aromatic nitrogens is 1. The molecule has 2 fully saturated rings. The van der Waals surface area contributed by atoms with Crippen molar-refractivity contribution in [2.24, 2.45) is 17.8 Å². The minimum atomic E-state index is -0.105. The molecular weight excluding hydrogens is 374 g/mol. The highest BCUT2D eigenvalue weighted by molar-refractivity contribution is 6.30. The van der Waals surface area contributed by atoms with Crippen LogP contribution < -0.4 is 10.6 Å². The first-order valence-electron chi connectivity index (χ1n) is 9.85. The van der Waals surface area contributed by atoms with Crippen LogP contribution in [0.4, 0.5) is 0 Å². The third kappa shape index (κ3) is 3.90. The van der Waals surface area contributed by atoms with Gasteiger partial charge in [0.15, 0.2) is 0 Å². The summed E-state index contributed by atoms with van der Waals surface area (Å²) in [6, 6.07) is 12.7. The van der Waals surface area contributed by atoms with Crippen molar-refractivity contribution in [2.75, 3.05) is 0 Å². The van der Waals surface area contributed by atoms with Crippen molar-refractivity contribution < 1.29 is 9.59 Å². The monoisotopic (exact) mass is 397 g/mol. The molecule has 5 atom stereocenters. The van der Waals surface area contributed by atoms with Crippen LogP contribution in [0.3, 0.4) is 0 Å². The summed E-state index contributed by atoms with van der Waals surface area (Å²) in [7, 11) is 0. The number of pyridine rings is 1. The van der Waals surface area contributed by atoms with E-state index < -0.39 is 0 Å². The topological polar surface area (TPSA) is 71.1 Å². The average molecular weight is 398 g/mol. The Balaban J connectivity index is 1.30. The lowest BCUT2D eigenvalue weighted by molar-refractivity contribution is 0.0926. The number of hydrogen-bond acceptors (Lipinski definition) is 3. The Labute approximate surface area is 169 Å². The maximum absolute atomic E-state index is 12.5. The lowest BCUT2D eigenvalue weighted by atomic mass is 9.99. The summed E-state index contributed by atoms with van der Waals surface area (Å²) < 4.78 is 0. The fourth-order valence-corrected chi connectivity index (χ4v) is 4.81.